The molecule has 0 aromatic heterocycles. The second-order valence-corrected chi connectivity index (χ2v) is 12.7. The van der Waals surface area contributed by atoms with Gasteiger partial charge in [-0.1, -0.05) is 44.0 Å². The first-order valence-corrected chi connectivity index (χ1v) is 15.5. The minimum Gasteiger partial charge on any atom is -0.304 e. The van der Waals surface area contributed by atoms with E-state index >= 15 is 0 Å². The number of piperazine rings is 2. The molecule has 0 N–H and O–H groups in total. The monoisotopic (exact) mass is 713 g/mol. The molecule has 7 nitrogen and oxygen atoms in total. The summed E-state index contributed by atoms with van der Waals surface area (Å²) >= 11 is 6.24. The number of likely N-dealkylation sites (N-methyl/N-ethyl adjacent to an activating group) is 2. The molecule has 2 aliphatic heterocycles. The first-order valence-electron chi connectivity index (χ1n) is 12.8. The highest BCUT2D eigenvalue weighted by atomic mass is 79.9. The molecule has 2 aromatic rings. The second kappa shape index (κ2) is 13.5. The number of rotatable bonds is 10. The fraction of sp³-hybridized carbons (Fsp3) is 0.538. The van der Waals surface area contributed by atoms with Gasteiger partial charge >= 0.3 is 20.5 Å². The topological polar surface area (TPSA) is 48.5 Å². The van der Waals surface area contributed by atoms with E-state index in [0.717, 1.165) is 75.6 Å². The van der Waals surface area contributed by atoms with E-state index < -0.39 is 31.6 Å². The van der Waals surface area contributed by atoms with Crippen LogP contribution in [0.15, 0.2) is 45.3 Å². The minimum atomic E-state index is -4.14. The lowest BCUT2D eigenvalue weighted by Gasteiger charge is -2.32. The van der Waals surface area contributed by atoms with Gasteiger partial charge in [-0.25, -0.2) is 0 Å². The summed E-state index contributed by atoms with van der Waals surface area (Å²) in [5.74, 6) is 0. The van der Waals surface area contributed by atoms with Crippen LogP contribution in [-0.2, 0) is 38.9 Å². The molecule has 2 fully saturated rings. The molecule has 220 valence electrons. The van der Waals surface area contributed by atoms with E-state index in [1.54, 1.807) is 0 Å². The van der Waals surface area contributed by atoms with Gasteiger partial charge in [-0.3, -0.25) is 9.80 Å². The normalized spacial score (nSPS) is 18.8. The van der Waals surface area contributed by atoms with Crippen LogP contribution in [0.4, 0.5) is 17.6 Å². The van der Waals surface area contributed by atoms with Gasteiger partial charge < -0.3 is 9.80 Å². The highest BCUT2D eigenvalue weighted by Crippen LogP contribution is 2.48. The zero-order chi connectivity index (χ0) is 29.1. The van der Waals surface area contributed by atoms with Crippen LogP contribution in [0.5, 0.6) is 0 Å². The van der Waals surface area contributed by atoms with E-state index in [4.69, 9.17) is 0 Å². The number of benzene rings is 2. The Morgan fingerprint density at radius 3 is 1.38 bits per heavy atom. The van der Waals surface area contributed by atoms with Gasteiger partial charge in [0.05, 0.1) is 11.1 Å². The average molecular weight is 715 g/mol. The zero-order valence-corrected chi connectivity index (χ0v) is 26.3. The SMILES string of the molecule is CN1CCN(Cc2ccc(C(F)(F)O[P+](=O)OC(F)(F)c3ccc(CN4CCN(C)CC4)cc3Br)c(Br)c2)CC1. The highest BCUT2D eigenvalue weighted by Gasteiger charge is 2.53. The van der Waals surface area contributed by atoms with Crippen molar-refractivity contribution in [1.29, 1.82) is 0 Å². The Hall–Kier alpha value is -1.02. The van der Waals surface area contributed by atoms with Crippen molar-refractivity contribution in [2.24, 2.45) is 0 Å². The van der Waals surface area contributed by atoms with Crippen LogP contribution < -0.4 is 0 Å². The fourth-order valence-electron chi connectivity index (χ4n) is 4.62. The summed E-state index contributed by atoms with van der Waals surface area (Å²) in [6.45, 7) is 8.25. The smallest absolute Gasteiger partial charge is 0.304 e. The number of nitrogens with zero attached hydrogens (tertiary/aromatic N) is 4. The third-order valence-electron chi connectivity index (χ3n) is 7.08. The van der Waals surface area contributed by atoms with Gasteiger partial charge in [-0.15, -0.1) is 0 Å². The van der Waals surface area contributed by atoms with Crippen LogP contribution in [0.2, 0.25) is 0 Å². The first kappa shape index (κ1) is 31.9. The quantitative estimate of drug-likeness (QED) is 0.215. The first-order chi connectivity index (χ1) is 18.8. The highest BCUT2D eigenvalue weighted by molar-refractivity contribution is 9.10. The Bertz CT molecular complexity index is 1110. The van der Waals surface area contributed by atoms with Crippen molar-refractivity contribution in [3.05, 3.63) is 67.6 Å². The van der Waals surface area contributed by atoms with Gasteiger partial charge in [-0.05, 0) is 58.5 Å². The molecular formula is C26H32Br2F4N4O3P+. The molecule has 2 saturated heterocycles. The van der Waals surface area contributed by atoms with Crippen molar-refractivity contribution >= 4 is 40.1 Å². The van der Waals surface area contributed by atoms with Crippen LogP contribution >= 0.6 is 40.1 Å². The summed E-state index contributed by atoms with van der Waals surface area (Å²) < 4.78 is 80.2. The summed E-state index contributed by atoms with van der Waals surface area (Å²) in [6, 6.07) is 8.33. The Morgan fingerprint density at radius 2 is 1.05 bits per heavy atom. The van der Waals surface area contributed by atoms with Gasteiger partial charge in [0.25, 0.3) is 0 Å². The van der Waals surface area contributed by atoms with E-state index in [1.165, 1.54) is 24.3 Å². The van der Waals surface area contributed by atoms with Crippen molar-refractivity contribution in [3.63, 3.8) is 0 Å². The molecule has 0 bridgehead atoms. The van der Waals surface area contributed by atoms with Crippen LogP contribution in [0, 0.1) is 0 Å². The molecule has 2 aliphatic rings. The van der Waals surface area contributed by atoms with Crippen LogP contribution in [0.3, 0.4) is 0 Å². The minimum absolute atomic E-state index is 0.0120. The van der Waals surface area contributed by atoms with Crippen molar-refractivity contribution < 1.29 is 31.2 Å². The van der Waals surface area contributed by atoms with Gasteiger partial charge in [0.2, 0.25) is 0 Å². The second-order valence-electron chi connectivity index (χ2n) is 10.2. The van der Waals surface area contributed by atoms with E-state index in [1.807, 2.05) is 14.1 Å². The molecule has 2 heterocycles. The average Bonchev–Trinajstić information content (AvgIpc) is 2.86. The van der Waals surface area contributed by atoms with E-state index in [9.17, 15) is 22.1 Å². The zero-order valence-electron chi connectivity index (χ0n) is 22.3. The summed E-state index contributed by atoms with van der Waals surface area (Å²) in [5, 5.41) is 0. The number of hydrogen-bond acceptors (Lipinski definition) is 7. The molecule has 0 radical (unpaired) electrons. The molecular weight excluding hydrogens is 683 g/mol. The van der Waals surface area contributed by atoms with E-state index in [0.29, 0.717) is 13.1 Å². The lowest BCUT2D eigenvalue weighted by atomic mass is 10.1. The largest absolute Gasteiger partial charge is 0.710 e. The van der Waals surface area contributed by atoms with Gasteiger partial charge in [-0.2, -0.15) is 17.6 Å². The van der Waals surface area contributed by atoms with E-state index in [2.05, 4.69) is 60.5 Å². The Balaban J connectivity index is 1.36. The van der Waals surface area contributed by atoms with E-state index in [-0.39, 0.29) is 8.95 Å². The van der Waals surface area contributed by atoms with Crippen LogP contribution in [0.1, 0.15) is 22.3 Å². The van der Waals surface area contributed by atoms with Crippen LogP contribution in [-0.4, -0.2) is 86.1 Å². The lowest BCUT2D eigenvalue weighted by molar-refractivity contribution is -0.221. The molecule has 40 heavy (non-hydrogen) atoms. The van der Waals surface area contributed by atoms with Crippen molar-refractivity contribution in [2.45, 2.75) is 25.3 Å². The Morgan fingerprint density at radius 1 is 0.700 bits per heavy atom. The summed E-state index contributed by atoms with van der Waals surface area (Å²) in [7, 11) is 0.186. The molecule has 4 rings (SSSR count). The summed E-state index contributed by atoms with van der Waals surface area (Å²) in [5.41, 5.74) is 0.312. The molecule has 14 heteroatoms. The molecule has 0 spiro atoms. The molecule has 0 saturated carbocycles. The predicted octanol–water partition coefficient (Wildman–Crippen LogP) is 6.20. The van der Waals surface area contributed by atoms with Crippen molar-refractivity contribution in [2.75, 3.05) is 66.5 Å². The summed E-state index contributed by atoms with van der Waals surface area (Å²) in [6.07, 6.45) is -8.28. The maximum absolute atomic E-state index is 14.9. The number of alkyl halides is 4. The van der Waals surface area contributed by atoms with Gasteiger partial charge in [0.15, 0.2) is 0 Å². The standard InChI is InChI=1S/C26H32Br2F4N4O3P/c1-33-7-11-35(12-8-33)17-19-3-5-21(23(27)15-19)25(29,30)38-40(37)39-26(31,32)22-6-4-20(16-24(22)28)18-36-13-9-34(2)10-14-36/h3-6,15-16H,7-14,17-18H2,1-2H3/q+1. The number of hydrogen-bond donors (Lipinski definition) is 0. The molecule has 0 unspecified atom stereocenters. The molecule has 2 aromatic carbocycles. The van der Waals surface area contributed by atoms with Crippen LogP contribution in [0.25, 0.3) is 0 Å². The Labute approximate surface area is 249 Å². The maximum Gasteiger partial charge on any atom is 0.710 e. The van der Waals surface area contributed by atoms with Gasteiger partial charge in [0.1, 0.15) is 0 Å². The van der Waals surface area contributed by atoms with Crippen molar-refractivity contribution in [3.8, 4) is 0 Å². The lowest BCUT2D eigenvalue weighted by Crippen LogP contribution is -2.43. The maximum atomic E-state index is 14.9. The number of halogens is 6. The van der Waals surface area contributed by atoms with Crippen molar-refractivity contribution in [1.82, 2.24) is 19.6 Å². The molecule has 0 amide bonds. The fourth-order valence-corrected chi connectivity index (χ4v) is 6.54. The predicted molar refractivity (Wildman–Crippen MR) is 151 cm³/mol. The van der Waals surface area contributed by atoms with Gasteiger partial charge in [0, 0.05) is 79.0 Å². The molecule has 0 atom stereocenters. The third kappa shape index (κ3) is 8.52. The molecule has 0 aliphatic carbocycles. The Kier molecular flexibility index (Phi) is 10.8. The summed E-state index contributed by atoms with van der Waals surface area (Å²) in [4.78, 5) is 8.84. The third-order valence-corrected chi connectivity index (χ3v) is 9.15.